The Hall–Kier alpha value is -1.42. The smallest absolute Gasteiger partial charge is 0.146 e. The van der Waals surface area contributed by atoms with E-state index in [9.17, 15) is 8.78 Å². The van der Waals surface area contributed by atoms with Gasteiger partial charge in [-0.05, 0) is 36.8 Å². The van der Waals surface area contributed by atoms with Gasteiger partial charge in [-0.2, -0.15) is 0 Å². The number of aryl methyl sites for hydroxylation is 1. The third-order valence-corrected chi connectivity index (χ3v) is 3.68. The van der Waals surface area contributed by atoms with E-state index in [-0.39, 0.29) is 5.69 Å². The molecule has 0 aliphatic carbocycles. The van der Waals surface area contributed by atoms with E-state index in [1.807, 2.05) is 6.07 Å². The highest BCUT2D eigenvalue weighted by Crippen LogP contribution is 2.20. The highest BCUT2D eigenvalue weighted by atomic mass is 32.1. The van der Waals surface area contributed by atoms with Crippen molar-refractivity contribution in [3.8, 4) is 0 Å². The molecule has 90 valence electrons. The van der Waals surface area contributed by atoms with Crippen molar-refractivity contribution in [3.05, 3.63) is 51.7 Å². The first-order valence-electron chi connectivity index (χ1n) is 5.45. The second-order valence-electron chi connectivity index (χ2n) is 3.70. The molecule has 0 fully saturated rings. The second kappa shape index (κ2) is 5.27. The molecule has 0 aliphatic rings. The number of anilines is 1. The summed E-state index contributed by atoms with van der Waals surface area (Å²) in [5, 5.41) is 2.90. The zero-order chi connectivity index (χ0) is 12.3. The van der Waals surface area contributed by atoms with Gasteiger partial charge in [0.1, 0.15) is 11.6 Å². The quantitative estimate of drug-likeness (QED) is 0.861. The lowest BCUT2D eigenvalue weighted by Gasteiger charge is -2.06. The zero-order valence-electron chi connectivity index (χ0n) is 9.47. The van der Waals surface area contributed by atoms with Crippen molar-refractivity contribution in [3.63, 3.8) is 0 Å². The molecule has 1 heterocycles. The number of thiophene rings is 1. The molecular formula is C13H13F2NS. The van der Waals surface area contributed by atoms with E-state index >= 15 is 0 Å². The molecule has 17 heavy (non-hydrogen) atoms. The van der Waals surface area contributed by atoms with E-state index < -0.39 is 11.6 Å². The summed E-state index contributed by atoms with van der Waals surface area (Å²) in [6.45, 7) is 2.61. The molecule has 0 atom stereocenters. The van der Waals surface area contributed by atoms with Crippen LogP contribution >= 0.6 is 11.3 Å². The predicted molar refractivity (Wildman–Crippen MR) is 67.4 cm³/mol. The normalized spacial score (nSPS) is 10.5. The summed E-state index contributed by atoms with van der Waals surface area (Å²) >= 11 is 1.68. The van der Waals surface area contributed by atoms with Gasteiger partial charge in [-0.3, -0.25) is 0 Å². The van der Waals surface area contributed by atoms with Crippen LogP contribution in [-0.2, 0) is 13.0 Å². The molecule has 0 aliphatic heterocycles. The molecule has 1 N–H and O–H groups in total. The van der Waals surface area contributed by atoms with Crippen LogP contribution in [-0.4, -0.2) is 0 Å². The summed E-state index contributed by atoms with van der Waals surface area (Å²) in [6, 6.07) is 7.48. The topological polar surface area (TPSA) is 12.0 Å². The molecule has 1 aromatic carbocycles. The Morgan fingerprint density at radius 2 is 1.88 bits per heavy atom. The molecule has 0 saturated heterocycles. The van der Waals surface area contributed by atoms with Crippen molar-refractivity contribution in [2.75, 3.05) is 5.32 Å². The van der Waals surface area contributed by atoms with Crippen molar-refractivity contribution in [1.29, 1.82) is 0 Å². The Kier molecular flexibility index (Phi) is 3.74. The summed E-state index contributed by atoms with van der Waals surface area (Å²) < 4.78 is 26.2. The lowest BCUT2D eigenvalue weighted by Crippen LogP contribution is -2.00. The van der Waals surface area contributed by atoms with Crippen LogP contribution in [0.2, 0.25) is 0 Å². The lowest BCUT2D eigenvalue weighted by atomic mass is 10.3. The Labute approximate surface area is 103 Å². The summed E-state index contributed by atoms with van der Waals surface area (Å²) in [4.78, 5) is 2.41. The van der Waals surface area contributed by atoms with Crippen molar-refractivity contribution >= 4 is 17.0 Å². The van der Waals surface area contributed by atoms with Gasteiger partial charge < -0.3 is 5.32 Å². The molecule has 0 saturated carbocycles. The summed E-state index contributed by atoms with van der Waals surface area (Å²) in [6.07, 6.45) is 0.999. The first kappa shape index (κ1) is 12.0. The van der Waals surface area contributed by atoms with Crippen molar-refractivity contribution in [1.82, 2.24) is 0 Å². The lowest BCUT2D eigenvalue weighted by molar-refractivity contribution is 0.602. The molecular weight excluding hydrogens is 240 g/mol. The molecule has 1 aromatic heterocycles. The predicted octanol–water partition coefficient (Wildman–Crippen LogP) is 4.20. The van der Waals surface area contributed by atoms with Crippen LogP contribution in [0, 0.1) is 11.6 Å². The number of nitrogens with one attached hydrogen (secondary N) is 1. The first-order chi connectivity index (χ1) is 8.19. The summed E-state index contributed by atoms with van der Waals surface area (Å²) in [5.74, 6) is -0.868. The van der Waals surface area contributed by atoms with E-state index in [1.165, 1.54) is 10.9 Å². The molecule has 1 nitrogen and oxygen atoms in total. The average molecular weight is 253 g/mol. The Bertz CT molecular complexity index is 508. The number of hydrogen-bond donors (Lipinski definition) is 1. The average Bonchev–Trinajstić information content (AvgIpc) is 2.78. The number of hydrogen-bond acceptors (Lipinski definition) is 2. The van der Waals surface area contributed by atoms with Crippen molar-refractivity contribution < 1.29 is 8.78 Å². The number of halogens is 2. The standard InChI is InChI=1S/C13H13F2NS/c1-2-10-4-5-11(17-10)8-16-13-7-9(14)3-6-12(13)15/h3-7,16H,2,8H2,1H3. The molecule has 0 spiro atoms. The van der Waals surface area contributed by atoms with Gasteiger partial charge in [-0.15, -0.1) is 11.3 Å². The van der Waals surface area contributed by atoms with E-state index in [0.717, 1.165) is 23.4 Å². The van der Waals surface area contributed by atoms with Crippen LogP contribution < -0.4 is 5.32 Å². The fraction of sp³-hybridized carbons (Fsp3) is 0.231. The molecule has 2 aromatic rings. The van der Waals surface area contributed by atoms with Gasteiger partial charge in [0.05, 0.1) is 5.69 Å². The monoisotopic (exact) mass is 253 g/mol. The molecule has 2 rings (SSSR count). The molecule has 4 heteroatoms. The minimum absolute atomic E-state index is 0.205. The van der Waals surface area contributed by atoms with Crippen LogP contribution in [0.1, 0.15) is 16.7 Å². The third kappa shape index (κ3) is 3.03. The maximum atomic E-state index is 13.3. The highest BCUT2D eigenvalue weighted by Gasteiger charge is 2.04. The molecule has 0 unspecified atom stereocenters. The minimum atomic E-state index is -0.436. The van der Waals surface area contributed by atoms with Crippen LogP contribution in [0.25, 0.3) is 0 Å². The van der Waals surface area contributed by atoms with Gasteiger partial charge in [0.25, 0.3) is 0 Å². The molecule has 0 radical (unpaired) electrons. The number of rotatable bonds is 4. The fourth-order valence-corrected chi connectivity index (χ4v) is 2.42. The Morgan fingerprint density at radius 1 is 1.12 bits per heavy atom. The van der Waals surface area contributed by atoms with E-state index in [1.54, 1.807) is 11.3 Å². The van der Waals surface area contributed by atoms with E-state index in [0.29, 0.717) is 6.54 Å². The van der Waals surface area contributed by atoms with Gasteiger partial charge in [0, 0.05) is 16.3 Å². The largest absolute Gasteiger partial charge is 0.378 e. The summed E-state index contributed by atoms with van der Waals surface area (Å²) in [5.41, 5.74) is 0.205. The molecule has 0 amide bonds. The van der Waals surface area contributed by atoms with Gasteiger partial charge >= 0.3 is 0 Å². The zero-order valence-corrected chi connectivity index (χ0v) is 10.3. The van der Waals surface area contributed by atoms with Crippen LogP contribution in [0.15, 0.2) is 30.3 Å². The minimum Gasteiger partial charge on any atom is -0.378 e. The van der Waals surface area contributed by atoms with Crippen LogP contribution in [0.4, 0.5) is 14.5 Å². The Balaban J connectivity index is 2.04. The fourth-order valence-electron chi connectivity index (χ4n) is 1.52. The van der Waals surface area contributed by atoms with Crippen LogP contribution in [0.3, 0.4) is 0 Å². The van der Waals surface area contributed by atoms with Crippen LogP contribution in [0.5, 0.6) is 0 Å². The summed E-state index contributed by atoms with van der Waals surface area (Å²) in [7, 11) is 0. The highest BCUT2D eigenvalue weighted by molar-refractivity contribution is 7.12. The Morgan fingerprint density at radius 3 is 2.59 bits per heavy atom. The van der Waals surface area contributed by atoms with Gasteiger partial charge in [0.15, 0.2) is 0 Å². The molecule has 0 bridgehead atoms. The SMILES string of the molecule is CCc1ccc(CNc2cc(F)ccc2F)s1. The maximum Gasteiger partial charge on any atom is 0.146 e. The van der Waals surface area contributed by atoms with E-state index in [4.69, 9.17) is 0 Å². The number of benzene rings is 1. The van der Waals surface area contributed by atoms with E-state index in [2.05, 4.69) is 18.3 Å². The van der Waals surface area contributed by atoms with Crippen molar-refractivity contribution in [2.45, 2.75) is 19.9 Å². The van der Waals surface area contributed by atoms with Crippen molar-refractivity contribution in [2.24, 2.45) is 0 Å². The van der Waals surface area contributed by atoms with Gasteiger partial charge in [0.2, 0.25) is 0 Å². The van der Waals surface area contributed by atoms with Gasteiger partial charge in [-0.25, -0.2) is 8.78 Å². The second-order valence-corrected chi connectivity index (χ2v) is 4.95. The first-order valence-corrected chi connectivity index (χ1v) is 6.27. The van der Waals surface area contributed by atoms with Gasteiger partial charge in [-0.1, -0.05) is 6.92 Å². The maximum absolute atomic E-state index is 13.3. The third-order valence-electron chi connectivity index (χ3n) is 2.45.